The van der Waals surface area contributed by atoms with Gasteiger partial charge in [0.05, 0.1) is 19.3 Å². The minimum Gasteiger partial charge on any atom is -0.497 e. The lowest BCUT2D eigenvalue weighted by atomic mass is 10.2. The lowest BCUT2D eigenvalue weighted by Crippen LogP contribution is -1.95. The number of ether oxygens (including phenoxy) is 2. The van der Waals surface area contributed by atoms with E-state index in [1.165, 1.54) is 11.8 Å². The van der Waals surface area contributed by atoms with Crippen LogP contribution in [0.15, 0.2) is 18.2 Å². The molecule has 76 valence electrons. The van der Waals surface area contributed by atoms with E-state index in [4.69, 9.17) is 14.9 Å². The zero-order valence-electron chi connectivity index (χ0n) is 8.46. The van der Waals surface area contributed by atoms with Gasteiger partial charge in [-0.2, -0.15) is 0 Å². The summed E-state index contributed by atoms with van der Waals surface area (Å²) in [5, 5.41) is 8.18. The first-order chi connectivity index (χ1) is 6.71. The van der Waals surface area contributed by atoms with Crippen LogP contribution in [0.2, 0.25) is 0 Å². The summed E-state index contributed by atoms with van der Waals surface area (Å²) in [6.07, 6.45) is 1.87. The van der Waals surface area contributed by atoms with Crippen molar-refractivity contribution in [1.82, 2.24) is 0 Å². The molecule has 0 aliphatic heterocycles. The summed E-state index contributed by atoms with van der Waals surface area (Å²) >= 11 is 1.39. The molecule has 1 N–H and O–H groups in total. The normalized spacial score (nSPS) is 9.64. The van der Waals surface area contributed by atoms with Crippen LogP contribution in [0, 0.1) is 5.41 Å². The molecule has 0 unspecified atom stereocenters. The third kappa shape index (κ3) is 2.42. The first-order valence-electron chi connectivity index (χ1n) is 4.07. The highest BCUT2D eigenvalue weighted by molar-refractivity contribution is 8.13. The molecule has 1 aromatic rings. The summed E-state index contributed by atoms with van der Waals surface area (Å²) in [4.78, 5) is 0. The average molecular weight is 211 g/mol. The summed E-state index contributed by atoms with van der Waals surface area (Å²) < 4.78 is 10.2. The van der Waals surface area contributed by atoms with Crippen molar-refractivity contribution in [3.8, 4) is 11.5 Å². The van der Waals surface area contributed by atoms with Crippen LogP contribution in [0.25, 0.3) is 0 Å². The fourth-order valence-electron chi connectivity index (χ4n) is 1.06. The van der Waals surface area contributed by atoms with Gasteiger partial charge < -0.3 is 9.47 Å². The molecule has 0 fully saturated rings. The van der Waals surface area contributed by atoms with Crippen molar-refractivity contribution in [3.63, 3.8) is 0 Å². The summed E-state index contributed by atoms with van der Waals surface area (Å²) in [6.45, 7) is 0. The van der Waals surface area contributed by atoms with E-state index in [1.54, 1.807) is 20.3 Å². The Kier molecular flexibility index (Phi) is 3.83. The zero-order chi connectivity index (χ0) is 10.6. The third-order valence-corrected chi connectivity index (χ3v) is 2.46. The van der Waals surface area contributed by atoms with Gasteiger partial charge in [-0.15, -0.1) is 11.8 Å². The number of benzene rings is 1. The molecule has 0 saturated heterocycles. The maximum absolute atomic E-state index is 7.67. The van der Waals surface area contributed by atoms with Gasteiger partial charge in [0.1, 0.15) is 11.5 Å². The molecule has 0 atom stereocenters. The fraction of sp³-hybridized carbons (Fsp3) is 0.300. The van der Waals surface area contributed by atoms with Crippen LogP contribution < -0.4 is 9.47 Å². The van der Waals surface area contributed by atoms with Gasteiger partial charge >= 0.3 is 0 Å². The van der Waals surface area contributed by atoms with Gasteiger partial charge in [-0.1, -0.05) is 0 Å². The highest BCUT2D eigenvalue weighted by atomic mass is 32.2. The number of hydrogen-bond acceptors (Lipinski definition) is 4. The molecular formula is C10H13NO2S. The monoisotopic (exact) mass is 211 g/mol. The minimum atomic E-state index is 0.502. The van der Waals surface area contributed by atoms with Gasteiger partial charge in [0.2, 0.25) is 0 Å². The molecule has 0 bridgehead atoms. The van der Waals surface area contributed by atoms with Crippen molar-refractivity contribution in [2.75, 3.05) is 20.5 Å². The Morgan fingerprint density at radius 1 is 1.14 bits per heavy atom. The van der Waals surface area contributed by atoms with E-state index in [-0.39, 0.29) is 0 Å². The van der Waals surface area contributed by atoms with Crippen molar-refractivity contribution in [2.24, 2.45) is 0 Å². The Morgan fingerprint density at radius 2 is 1.64 bits per heavy atom. The quantitative estimate of drug-likeness (QED) is 0.616. The molecule has 14 heavy (non-hydrogen) atoms. The number of thioether (sulfide) groups is 1. The van der Waals surface area contributed by atoms with Gasteiger partial charge in [0.15, 0.2) is 0 Å². The van der Waals surface area contributed by atoms with E-state index in [1.807, 2.05) is 18.4 Å². The minimum absolute atomic E-state index is 0.502. The molecule has 3 nitrogen and oxygen atoms in total. The third-order valence-electron chi connectivity index (χ3n) is 1.82. The molecule has 0 radical (unpaired) electrons. The van der Waals surface area contributed by atoms with Crippen molar-refractivity contribution >= 4 is 16.8 Å². The number of rotatable bonds is 3. The standard InChI is InChI=1S/C10H13NO2S/c1-12-8-4-7(10(11)14-3)5-9(6-8)13-2/h4-6,11H,1-3H3. The molecule has 0 saturated carbocycles. The first kappa shape index (κ1) is 10.9. The predicted octanol–water partition coefficient (Wildman–Crippen LogP) is 2.39. The van der Waals surface area contributed by atoms with Gasteiger partial charge in [-0.05, 0) is 18.4 Å². The second-order valence-corrected chi connectivity index (χ2v) is 3.45. The Hall–Kier alpha value is -1.16. The topological polar surface area (TPSA) is 42.3 Å². The van der Waals surface area contributed by atoms with E-state index in [9.17, 15) is 0 Å². The van der Waals surface area contributed by atoms with E-state index < -0.39 is 0 Å². The van der Waals surface area contributed by atoms with Crippen molar-refractivity contribution in [2.45, 2.75) is 0 Å². The van der Waals surface area contributed by atoms with Crippen LogP contribution in [0.5, 0.6) is 11.5 Å². The van der Waals surface area contributed by atoms with Crippen LogP contribution in [0.4, 0.5) is 0 Å². The molecule has 1 rings (SSSR count). The summed E-state index contributed by atoms with van der Waals surface area (Å²) in [7, 11) is 3.20. The molecule has 0 aliphatic carbocycles. The van der Waals surface area contributed by atoms with Crippen LogP contribution >= 0.6 is 11.8 Å². The van der Waals surface area contributed by atoms with Crippen LogP contribution in [0.3, 0.4) is 0 Å². The highest BCUT2D eigenvalue weighted by Gasteiger charge is 2.05. The van der Waals surface area contributed by atoms with Crippen LogP contribution in [0.1, 0.15) is 5.56 Å². The predicted molar refractivity (Wildman–Crippen MR) is 59.9 cm³/mol. The molecule has 0 amide bonds. The van der Waals surface area contributed by atoms with Crippen molar-refractivity contribution in [1.29, 1.82) is 5.41 Å². The smallest absolute Gasteiger partial charge is 0.123 e. The van der Waals surface area contributed by atoms with Crippen molar-refractivity contribution < 1.29 is 9.47 Å². The summed E-state index contributed by atoms with van der Waals surface area (Å²) in [6, 6.07) is 5.43. The van der Waals surface area contributed by atoms with Gasteiger partial charge in [0, 0.05) is 11.6 Å². The second kappa shape index (κ2) is 4.91. The summed E-state index contributed by atoms with van der Waals surface area (Å²) in [5.41, 5.74) is 0.814. The zero-order valence-corrected chi connectivity index (χ0v) is 9.27. The number of hydrogen-bond donors (Lipinski definition) is 1. The van der Waals surface area contributed by atoms with E-state index in [0.717, 1.165) is 5.56 Å². The molecule has 1 aromatic carbocycles. The average Bonchev–Trinajstić information content (AvgIpc) is 2.27. The van der Waals surface area contributed by atoms with Gasteiger partial charge in [-0.25, -0.2) is 0 Å². The van der Waals surface area contributed by atoms with Gasteiger partial charge in [-0.3, -0.25) is 5.41 Å². The van der Waals surface area contributed by atoms with Crippen LogP contribution in [-0.4, -0.2) is 25.5 Å². The Balaban J connectivity index is 3.10. The molecule has 0 aromatic heterocycles. The lowest BCUT2D eigenvalue weighted by Gasteiger charge is -2.07. The first-order valence-corrected chi connectivity index (χ1v) is 5.29. The van der Waals surface area contributed by atoms with Crippen LogP contribution in [-0.2, 0) is 0 Å². The largest absolute Gasteiger partial charge is 0.497 e. The molecule has 0 spiro atoms. The second-order valence-electron chi connectivity index (χ2n) is 2.63. The number of nitrogens with one attached hydrogen (secondary N) is 1. The van der Waals surface area contributed by atoms with E-state index >= 15 is 0 Å². The molecular weight excluding hydrogens is 198 g/mol. The number of methoxy groups -OCH3 is 2. The van der Waals surface area contributed by atoms with Gasteiger partial charge in [0.25, 0.3) is 0 Å². The Morgan fingerprint density at radius 3 is 2.00 bits per heavy atom. The Bertz CT molecular complexity index is 317. The lowest BCUT2D eigenvalue weighted by molar-refractivity contribution is 0.394. The maximum atomic E-state index is 7.67. The molecule has 0 heterocycles. The molecule has 4 heteroatoms. The van der Waals surface area contributed by atoms with E-state index in [0.29, 0.717) is 16.5 Å². The summed E-state index contributed by atoms with van der Waals surface area (Å²) in [5.74, 6) is 1.41. The Labute approximate surface area is 87.9 Å². The van der Waals surface area contributed by atoms with E-state index in [2.05, 4.69) is 0 Å². The maximum Gasteiger partial charge on any atom is 0.123 e. The highest BCUT2D eigenvalue weighted by Crippen LogP contribution is 2.24. The van der Waals surface area contributed by atoms with Crippen molar-refractivity contribution in [3.05, 3.63) is 23.8 Å². The SMILES string of the molecule is COc1cc(OC)cc(C(=N)SC)c1. The fourth-order valence-corrected chi connectivity index (χ4v) is 1.41. The molecule has 0 aliphatic rings.